The normalized spacial score (nSPS) is 20.6. The molecule has 2 heteroatoms. The van der Waals surface area contributed by atoms with Gasteiger partial charge < -0.3 is 4.74 Å². The van der Waals surface area contributed by atoms with Gasteiger partial charge in [-0.25, -0.2) is 0 Å². The third kappa shape index (κ3) is 5.36. The molecule has 0 spiro atoms. The van der Waals surface area contributed by atoms with E-state index >= 15 is 0 Å². The smallest absolute Gasteiger partial charge is 0.119 e. The van der Waals surface area contributed by atoms with Gasteiger partial charge in [-0.1, -0.05) is 44.0 Å². The van der Waals surface area contributed by atoms with Crippen LogP contribution in [0.3, 0.4) is 0 Å². The Morgan fingerprint density at radius 3 is 1.93 bits per heavy atom. The van der Waals surface area contributed by atoms with Crippen molar-refractivity contribution in [3.63, 3.8) is 0 Å². The number of hydrogen-bond donors (Lipinski definition) is 0. The van der Waals surface area contributed by atoms with E-state index in [9.17, 15) is 0 Å². The zero-order chi connectivity index (χ0) is 19.1. The number of nitrogens with zero attached hydrogens (tertiary/aromatic N) is 1. The van der Waals surface area contributed by atoms with Crippen LogP contribution in [0.1, 0.15) is 87.3 Å². The van der Waals surface area contributed by atoms with Crippen molar-refractivity contribution in [2.75, 3.05) is 0 Å². The lowest BCUT2D eigenvalue weighted by atomic mass is 9.76. The van der Waals surface area contributed by atoms with E-state index in [0.717, 1.165) is 17.7 Å². The van der Waals surface area contributed by atoms with Crippen LogP contribution in [-0.2, 0) is 0 Å². The van der Waals surface area contributed by atoms with Crippen LogP contribution in [0.15, 0.2) is 48.5 Å². The maximum atomic E-state index is 8.95. The van der Waals surface area contributed by atoms with E-state index in [2.05, 4.69) is 56.3 Å². The summed E-state index contributed by atoms with van der Waals surface area (Å²) in [5, 5.41) is 8.95. The monoisotopic (exact) mass is 361 g/mol. The molecule has 1 unspecified atom stereocenters. The van der Waals surface area contributed by atoms with Crippen LogP contribution in [0.5, 0.6) is 5.75 Å². The molecule has 0 aromatic heterocycles. The van der Waals surface area contributed by atoms with E-state index in [1.165, 1.54) is 49.7 Å². The number of hydrogen-bond acceptors (Lipinski definition) is 2. The van der Waals surface area contributed by atoms with E-state index in [0.29, 0.717) is 17.9 Å². The van der Waals surface area contributed by atoms with E-state index < -0.39 is 0 Å². The Labute approximate surface area is 164 Å². The summed E-state index contributed by atoms with van der Waals surface area (Å²) in [6.07, 6.45) is 8.77. The van der Waals surface area contributed by atoms with E-state index in [4.69, 9.17) is 10.00 Å². The third-order valence-electron chi connectivity index (χ3n) is 5.89. The second-order valence-corrected chi connectivity index (χ2v) is 7.92. The molecule has 142 valence electrons. The second kappa shape index (κ2) is 9.60. The molecule has 0 saturated heterocycles. The van der Waals surface area contributed by atoms with Gasteiger partial charge in [0.1, 0.15) is 5.75 Å². The molecule has 0 N–H and O–H groups in total. The number of rotatable bonds is 7. The Morgan fingerprint density at radius 1 is 0.926 bits per heavy atom. The van der Waals surface area contributed by atoms with Crippen molar-refractivity contribution in [1.82, 2.24) is 0 Å². The molecular weight excluding hydrogens is 330 g/mol. The topological polar surface area (TPSA) is 33.0 Å². The maximum absolute atomic E-state index is 8.95. The van der Waals surface area contributed by atoms with Gasteiger partial charge in [0.15, 0.2) is 0 Å². The van der Waals surface area contributed by atoms with Gasteiger partial charge >= 0.3 is 0 Å². The molecule has 1 saturated carbocycles. The van der Waals surface area contributed by atoms with Crippen LogP contribution in [0.4, 0.5) is 0 Å². The van der Waals surface area contributed by atoms with Gasteiger partial charge in [-0.15, -0.1) is 0 Å². The molecule has 1 atom stereocenters. The second-order valence-electron chi connectivity index (χ2n) is 7.92. The Kier molecular flexibility index (Phi) is 6.93. The highest BCUT2D eigenvalue weighted by Crippen LogP contribution is 2.40. The van der Waals surface area contributed by atoms with Crippen molar-refractivity contribution in [3.05, 3.63) is 65.2 Å². The van der Waals surface area contributed by atoms with Crippen LogP contribution >= 0.6 is 0 Å². The lowest BCUT2D eigenvalue weighted by molar-refractivity contribution is 0.207. The summed E-state index contributed by atoms with van der Waals surface area (Å²) in [6, 6.07) is 19.2. The van der Waals surface area contributed by atoms with Crippen LogP contribution in [0.25, 0.3) is 0 Å². The third-order valence-corrected chi connectivity index (χ3v) is 5.89. The Hall–Kier alpha value is -2.27. The van der Waals surface area contributed by atoms with Gasteiger partial charge in [-0.05, 0) is 86.3 Å². The number of benzene rings is 2. The Bertz CT molecular complexity index is 733. The highest BCUT2D eigenvalue weighted by Gasteiger charge is 2.23. The molecule has 0 heterocycles. The van der Waals surface area contributed by atoms with Crippen molar-refractivity contribution >= 4 is 0 Å². The van der Waals surface area contributed by atoms with Gasteiger partial charge in [0.25, 0.3) is 0 Å². The average molecular weight is 362 g/mol. The standard InChI is InChI=1S/C25H31NO/c1-3-4-5-19(2)27-25-16-14-24(15-17-25)23-12-10-22(11-13-23)21-8-6-20(18-26)7-9-21/h6-9,14-17,19,22-23H,3-5,10-13H2,1-2H3. The fraction of sp³-hybridized carbons (Fsp3) is 0.480. The minimum Gasteiger partial charge on any atom is -0.491 e. The van der Waals surface area contributed by atoms with Crippen LogP contribution in [0.2, 0.25) is 0 Å². The molecule has 1 aliphatic carbocycles. The van der Waals surface area contributed by atoms with Gasteiger partial charge in [0.2, 0.25) is 0 Å². The first kappa shape index (κ1) is 19.5. The van der Waals surface area contributed by atoms with E-state index in [1.807, 2.05) is 12.1 Å². The van der Waals surface area contributed by atoms with Gasteiger partial charge in [0.05, 0.1) is 17.7 Å². The molecule has 1 fully saturated rings. The first-order chi connectivity index (χ1) is 13.2. The van der Waals surface area contributed by atoms with E-state index in [1.54, 1.807) is 0 Å². The quantitative estimate of drug-likeness (QED) is 0.534. The van der Waals surface area contributed by atoms with Crippen molar-refractivity contribution in [2.45, 2.75) is 76.7 Å². The molecular formula is C25H31NO. The molecule has 27 heavy (non-hydrogen) atoms. The van der Waals surface area contributed by atoms with Crippen molar-refractivity contribution in [1.29, 1.82) is 5.26 Å². The van der Waals surface area contributed by atoms with E-state index in [-0.39, 0.29) is 0 Å². The number of ether oxygens (including phenoxy) is 1. The summed E-state index contributed by atoms with van der Waals surface area (Å²) < 4.78 is 6.03. The van der Waals surface area contributed by atoms with Crippen LogP contribution < -0.4 is 4.74 Å². The van der Waals surface area contributed by atoms with Crippen molar-refractivity contribution in [3.8, 4) is 11.8 Å². The molecule has 0 bridgehead atoms. The molecule has 3 rings (SSSR count). The lowest BCUT2D eigenvalue weighted by Crippen LogP contribution is -2.13. The average Bonchev–Trinajstić information content (AvgIpc) is 2.73. The highest BCUT2D eigenvalue weighted by molar-refractivity contribution is 5.34. The molecule has 1 aliphatic rings. The Balaban J connectivity index is 1.52. The summed E-state index contributed by atoms with van der Waals surface area (Å²) in [6.45, 7) is 4.38. The van der Waals surface area contributed by atoms with Gasteiger partial charge in [-0.3, -0.25) is 0 Å². The SMILES string of the molecule is CCCCC(C)Oc1ccc(C2CCC(c3ccc(C#N)cc3)CC2)cc1. The fourth-order valence-corrected chi connectivity index (χ4v) is 4.19. The molecule has 2 aromatic carbocycles. The number of unbranched alkanes of at least 4 members (excludes halogenated alkanes) is 1. The fourth-order valence-electron chi connectivity index (χ4n) is 4.19. The molecule has 0 amide bonds. The molecule has 0 radical (unpaired) electrons. The zero-order valence-corrected chi connectivity index (χ0v) is 16.7. The molecule has 2 aromatic rings. The summed E-state index contributed by atoms with van der Waals surface area (Å²) in [5.41, 5.74) is 3.58. The largest absolute Gasteiger partial charge is 0.491 e. The lowest BCUT2D eigenvalue weighted by Gasteiger charge is -2.29. The minimum atomic E-state index is 0.290. The summed E-state index contributed by atoms with van der Waals surface area (Å²) in [7, 11) is 0. The summed E-state index contributed by atoms with van der Waals surface area (Å²) in [5.74, 6) is 2.29. The number of nitriles is 1. The minimum absolute atomic E-state index is 0.290. The first-order valence-corrected chi connectivity index (χ1v) is 10.5. The molecule has 0 aliphatic heterocycles. The van der Waals surface area contributed by atoms with Crippen LogP contribution in [-0.4, -0.2) is 6.10 Å². The Morgan fingerprint density at radius 2 is 1.44 bits per heavy atom. The van der Waals surface area contributed by atoms with Crippen molar-refractivity contribution < 1.29 is 4.74 Å². The summed E-state index contributed by atoms with van der Waals surface area (Å²) >= 11 is 0. The first-order valence-electron chi connectivity index (χ1n) is 10.5. The summed E-state index contributed by atoms with van der Waals surface area (Å²) in [4.78, 5) is 0. The maximum Gasteiger partial charge on any atom is 0.119 e. The van der Waals surface area contributed by atoms with Crippen LogP contribution in [0, 0.1) is 11.3 Å². The molecule has 2 nitrogen and oxygen atoms in total. The van der Waals surface area contributed by atoms with Gasteiger partial charge in [-0.2, -0.15) is 5.26 Å². The zero-order valence-electron chi connectivity index (χ0n) is 16.7. The highest BCUT2D eigenvalue weighted by atomic mass is 16.5. The predicted molar refractivity (Wildman–Crippen MR) is 111 cm³/mol. The van der Waals surface area contributed by atoms with Gasteiger partial charge in [0, 0.05) is 0 Å². The predicted octanol–water partition coefficient (Wildman–Crippen LogP) is 6.96. The van der Waals surface area contributed by atoms with Crippen molar-refractivity contribution in [2.24, 2.45) is 0 Å².